The molecule has 0 aromatic heterocycles. The van der Waals surface area contributed by atoms with Crippen molar-refractivity contribution >= 4 is 10.2 Å². The maximum Gasteiger partial charge on any atom is 0.416 e. The zero-order valence-electron chi connectivity index (χ0n) is 8.26. The molecule has 0 aliphatic rings. The van der Waals surface area contributed by atoms with Crippen molar-refractivity contribution in [1.29, 1.82) is 0 Å². The SMILES string of the molecule is O=S(=O)(F)CCc1ccc(F)cc1C(F)(F)F. The first-order valence-corrected chi connectivity index (χ1v) is 5.93. The van der Waals surface area contributed by atoms with Gasteiger partial charge in [-0.1, -0.05) is 6.07 Å². The third kappa shape index (κ3) is 4.29. The highest BCUT2D eigenvalue weighted by Crippen LogP contribution is 2.32. The normalized spacial score (nSPS) is 12.8. The summed E-state index contributed by atoms with van der Waals surface area (Å²) in [6.07, 6.45) is -5.47. The Hall–Kier alpha value is -1.18. The summed E-state index contributed by atoms with van der Waals surface area (Å²) >= 11 is 0. The Labute approximate surface area is 94.3 Å². The Morgan fingerprint density at radius 2 is 1.76 bits per heavy atom. The summed E-state index contributed by atoms with van der Waals surface area (Å²) in [6.45, 7) is 0. The van der Waals surface area contributed by atoms with Crippen LogP contribution in [0.25, 0.3) is 0 Å². The number of alkyl halides is 3. The molecule has 17 heavy (non-hydrogen) atoms. The van der Waals surface area contributed by atoms with E-state index < -0.39 is 45.5 Å². The minimum atomic E-state index is -4.86. The van der Waals surface area contributed by atoms with Crippen molar-refractivity contribution in [1.82, 2.24) is 0 Å². The van der Waals surface area contributed by atoms with E-state index in [0.29, 0.717) is 0 Å². The van der Waals surface area contributed by atoms with E-state index in [1.165, 1.54) is 0 Å². The molecule has 0 bridgehead atoms. The van der Waals surface area contributed by atoms with E-state index in [4.69, 9.17) is 0 Å². The van der Waals surface area contributed by atoms with E-state index >= 15 is 0 Å². The highest BCUT2D eigenvalue weighted by Gasteiger charge is 2.33. The minimum absolute atomic E-state index is 0.250. The second-order valence-corrected chi connectivity index (χ2v) is 4.78. The second-order valence-electron chi connectivity index (χ2n) is 3.29. The Morgan fingerprint density at radius 1 is 1.18 bits per heavy atom. The number of hydrogen-bond donors (Lipinski definition) is 0. The average molecular weight is 274 g/mol. The number of hydrogen-bond acceptors (Lipinski definition) is 2. The summed E-state index contributed by atoms with van der Waals surface area (Å²) in [6, 6.07) is 1.80. The van der Waals surface area contributed by atoms with Gasteiger partial charge in [0.1, 0.15) is 5.82 Å². The van der Waals surface area contributed by atoms with Gasteiger partial charge in [0.25, 0.3) is 0 Å². The fourth-order valence-electron chi connectivity index (χ4n) is 1.26. The van der Waals surface area contributed by atoms with E-state index in [0.717, 1.165) is 12.1 Å². The molecule has 2 nitrogen and oxygen atoms in total. The lowest BCUT2D eigenvalue weighted by atomic mass is 10.0. The lowest BCUT2D eigenvalue weighted by molar-refractivity contribution is -0.138. The fourth-order valence-corrected chi connectivity index (χ4v) is 1.73. The Kier molecular flexibility index (Phi) is 3.75. The fraction of sp³-hybridized carbons (Fsp3) is 0.333. The number of aryl methyl sites for hydroxylation is 1. The maximum absolute atomic E-state index is 12.7. The molecular formula is C9H7F5O2S. The van der Waals surface area contributed by atoms with Gasteiger partial charge in [0.15, 0.2) is 0 Å². The Bertz CT molecular complexity index is 507. The first-order valence-electron chi connectivity index (χ1n) is 4.37. The van der Waals surface area contributed by atoms with Crippen LogP contribution in [0.5, 0.6) is 0 Å². The molecule has 8 heteroatoms. The molecule has 0 atom stereocenters. The van der Waals surface area contributed by atoms with E-state index in [9.17, 15) is 29.9 Å². The Balaban J connectivity index is 3.07. The molecule has 1 aromatic carbocycles. The van der Waals surface area contributed by atoms with E-state index in [1.807, 2.05) is 0 Å². The highest BCUT2D eigenvalue weighted by atomic mass is 32.3. The van der Waals surface area contributed by atoms with Gasteiger partial charge in [-0.3, -0.25) is 0 Å². The molecule has 0 radical (unpaired) electrons. The van der Waals surface area contributed by atoms with Crippen molar-refractivity contribution in [2.24, 2.45) is 0 Å². The van der Waals surface area contributed by atoms with Gasteiger partial charge in [-0.15, -0.1) is 3.89 Å². The molecule has 0 spiro atoms. The monoisotopic (exact) mass is 274 g/mol. The molecule has 0 aliphatic heterocycles. The van der Waals surface area contributed by atoms with Gasteiger partial charge in [0.05, 0.1) is 11.3 Å². The summed E-state index contributed by atoms with van der Waals surface area (Å²) in [5.74, 6) is -2.16. The molecule has 0 aliphatic carbocycles. The van der Waals surface area contributed by atoms with Gasteiger partial charge in [-0.05, 0) is 24.1 Å². The predicted octanol–water partition coefficient (Wildman–Crippen LogP) is 2.69. The van der Waals surface area contributed by atoms with Gasteiger partial charge in [0.2, 0.25) is 0 Å². The van der Waals surface area contributed by atoms with E-state index in [-0.39, 0.29) is 6.07 Å². The van der Waals surface area contributed by atoms with Crippen LogP contribution in [-0.4, -0.2) is 14.2 Å². The zero-order valence-corrected chi connectivity index (χ0v) is 9.08. The van der Waals surface area contributed by atoms with Gasteiger partial charge in [-0.2, -0.15) is 21.6 Å². The molecule has 0 amide bonds. The van der Waals surface area contributed by atoms with Crippen LogP contribution in [-0.2, 0) is 22.8 Å². The Morgan fingerprint density at radius 3 is 2.24 bits per heavy atom. The van der Waals surface area contributed by atoms with Crippen LogP contribution in [0, 0.1) is 5.82 Å². The third-order valence-corrected chi connectivity index (χ3v) is 2.68. The summed E-state index contributed by atoms with van der Waals surface area (Å²) < 4.78 is 82.6. The van der Waals surface area contributed by atoms with Crippen LogP contribution >= 0.6 is 0 Å². The second kappa shape index (κ2) is 4.59. The molecule has 0 unspecified atom stereocenters. The van der Waals surface area contributed by atoms with E-state index in [2.05, 4.69) is 0 Å². The number of halogens is 5. The van der Waals surface area contributed by atoms with Crippen molar-refractivity contribution in [3.05, 3.63) is 35.1 Å². The van der Waals surface area contributed by atoms with Crippen molar-refractivity contribution in [3.63, 3.8) is 0 Å². The maximum atomic E-state index is 12.7. The largest absolute Gasteiger partial charge is 0.416 e. The smallest absolute Gasteiger partial charge is 0.207 e. The van der Waals surface area contributed by atoms with Crippen molar-refractivity contribution in [2.45, 2.75) is 12.6 Å². The molecule has 0 fully saturated rings. The van der Waals surface area contributed by atoms with Gasteiger partial charge >= 0.3 is 16.4 Å². The lowest BCUT2D eigenvalue weighted by Crippen LogP contribution is -2.12. The molecular weight excluding hydrogens is 267 g/mol. The van der Waals surface area contributed by atoms with E-state index in [1.54, 1.807) is 0 Å². The van der Waals surface area contributed by atoms with Gasteiger partial charge < -0.3 is 0 Å². The summed E-state index contributed by atoms with van der Waals surface area (Å²) in [5.41, 5.74) is -1.75. The molecule has 0 heterocycles. The highest BCUT2D eigenvalue weighted by molar-refractivity contribution is 7.86. The van der Waals surface area contributed by atoms with Crippen molar-refractivity contribution in [2.75, 3.05) is 5.75 Å². The number of benzene rings is 1. The van der Waals surface area contributed by atoms with Crippen LogP contribution in [0.1, 0.15) is 11.1 Å². The average Bonchev–Trinajstić information content (AvgIpc) is 2.13. The van der Waals surface area contributed by atoms with Crippen LogP contribution < -0.4 is 0 Å². The van der Waals surface area contributed by atoms with Gasteiger partial charge in [0, 0.05) is 0 Å². The zero-order chi connectivity index (χ0) is 13.3. The van der Waals surface area contributed by atoms with Crippen LogP contribution in [0.3, 0.4) is 0 Å². The summed E-state index contributed by atoms with van der Waals surface area (Å²) in [7, 11) is -4.86. The standard InChI is InChI=1S/C9H7F5O2S/c10-7-2-1-6(3-4-17(14,15)16)8(5-7)9(11,12)13/h1-2,5H,3-4H2. The summed E-state index contributed by atoms with van der Waals surface area (Å²) in [4.78, 5) is 0. The molecule has 1 aromatic rings. The van der Waals surface area contributed by atoms with Crippen LogP contribution in [0.2, 0.25) is 0 Å². The topological polar surface area (TPSA) is 34.1 Å². The first-order chi connectivity index (χ1) is 7.59. The summed E-state index contributed by atoms with van der Waals surface area (Å²) in [5, 5.41) is 0. The molecule has 0 saturated carbocycles. The quantitative estimate of drug-likeness (QED) is 0.627. The van der Waals surface area contributed by atoms with Gasteiger partial charge in [-0.25, -0.2) is 4.39 Å². The number of rotatable bonds is 3. The molecule has 0 saturated heterocycles. The first kappa shape index (κ1) is 13.9. The van der Waals surface area contributed by atoms with Crippen molar-refractivity contribution in [3.8, 4) is 0 Å². The molecule has 0 N–H and O–H groups in total. The molecule has 1 rings (SSSR count). The van der Waals surface area contributed by atoms with Crippen molar-refractivity contribution < 1.29 is 29.9 Å². The van der Waals surface area contributed by atoms with Crippen LogP contribution in [0.15, 0.2) is 18.2 Å². The predicted molar refractivity (Wildman–Crippen MR) is 50.0 cm³/mol. The minimum Gasteiger partial charge on any atom is -0.207 e. The molecule has 96 valence electrons. The third-order valence-electron chi connectivity index (χ3n) is 1.99. The lowest BCUT2D eigenvalue weighted by Gasteiger charge is -2.12. The van der Waals surface area contributed by atoms with Crippen LogP contribution in [0.4, 0.5) is 21.4 Å².